The summed E-state index contributed by atoms with van der Waals surface area (Å²) in [6.07, 6.45) is 1.92. The van der Waals surface area contributed by atoms with Crippen LogP contribution in [-0.2, 0) is 0 Å². The second-order valence-electron chi connectivity index (χ2n) is 4.00. The predicted molar refractivity (Wildman–Crippen MR) is 74.6 cm³/mol. The van der Waals surface area contributed by atoms with Crippen molar-refractivity contribution in [2.24, 2.45) is 0 Å². The van der Waals surface area contributed by atoms with E-state index < -0.39 is 0 Å². The smallest absolute Gasteiger partial charge is 0.255 e. The molecule has 0 aliphatic carbocycles. The fraction of sp³-hybridized carbons (Fsp3) is 0.462. The van der Waals surface area contributed by atoms with Gasteiger partial charge in [-0.2, -0.15) is 0 Å². The van der Waals surface area contributed by atoms with Crippen LogP contribution in [-0.4, -0.2) is 34.9 Å². The summed E-state index contributed by atoms with van der Waals surface area (Å²) in [6.45, 7) is 3.19. The third-order valence-corrected chi connectivity index (χ3v) is 3.10. The van der Waals surface area contributed by atoms with Crippen molar-refractivity contribution < 1.29 is 9.90 Å². The van der Waals surface area contributed by atoms with Gasteiger partial charge in [-0.25, -0.2) is 0 Å². The first-order chi connectivity index (χ1) is 8.60. The van der Waals surface area contributed by atoms with E-state index in [-0.39, 0.29) is 11.7 Å². The SMILES string of the molecule is CCCCN(CCCl)C(=O)c1cc(O)ccc1Cl. The molecule has 0 aromatic heterocycles. The summed E-state index contributed by atoms with van der Waals surface area (Å²) in [5.74, 6) is 0.223. The lowest BCUT2D eigenvalue weighted by molar-refractivity contribution is 0.0763. The van der Waals surface area contributed by atoms with Crippen molar-refractivity contribution in [2.45, 2.75) is 19.8 Å². The Morgan fingerprint density at radius 3 is 2.72 bits per heavy atom. The first-order valence-electron chi connectivity index (χ1n) is 5.94. The van der Waals surface area contributed by atoms with Crippen LogP contribution < -0.4 is 0 Å². The Balaban J connectivity index is 2.90. The maximum atomic E-state index is 12.3. The van der Waals surface area contributed by atoms with Gasteiger partial charge in [0.25, 0.3) is 5.91 Å². The number of unbranched alkanes of at least 4 members (excludes halogenated alkanes) is 1. The summed E-state index contributed by atoms with van der Waals surface area (Å²) in [5, 5.41) is 9.76. The van der Waals surface area contributed by atoms with Crippen molar-refractivity contribution in [3.63, 3.8) is 0 Å². The number of benzene rings is 1. The van der Waals surface area contributed by atoms with Crippen LogP contribution in [0.1, 0.15) is 30.1 Å². The Morgan fingerprint density at radius 2 is 2.11 bits per heavy atom. The summed E-state index contributed by atoms with van der Waals surface area (Å²) >= 11 is 11.7. The molecule has 0 spiro atoms. The number of carbonyl (C=O) groups is 1. The molecule has 18 heavy (non-hydrogen) atoms. The molecule has 1 amide bonds. The Labute approximate surface area is 117 Å². The molecule has 0 saturated carbocycles. The van der Waals surface area contributed by atoms with E-state index in [0.29, 0.717) is 29.6 Å². The summed E-state index contributed by atoms with van der Waals surface area (Å²) < 4.78 is 0. The molecule has 0 aliphatic heterocycles. The van der Waals surface area contributed by atoms with Crippen LogP contribution in [0.5, 0.6) is 5.75 Å². The molecule has 0 fully saturated rings. The molecular weight excluding hydrogens is 273 g/mol. The average molecular weight is 290 g/mol. The highest BCUT2D eigenvalue weighted by molar-refractivity contribution is 6.33. The van der Waals surface area contributed by atoms with Crippen LogP contribution in [0.25, 0.3) is 0 Å². The van der Waals surface area contributed by atoms with Gasteiger partial charge < -0.3 is 10.0 Å². The van der Waals surface area contributed by atoms with Gasteiger partial charge in [0.05, 0.1) is 10.6 Å². The third-order valence-electron chi connectivity index (χ3n) is 2.60. The van der Waals surface area contributed by atoms with Gasteiger partial charge in [0.2, 0.25) is 0 Å². The van der Waals surface area contributed by atoms with Crippen LogP contribution >= 0.6 is 23.2 Å². The minimum atomic E-state index is -0.190. The van der Waals surface area contributed by atoms with Crippen molar-refractivity contribution in [3.8, 4) is 5.75 Å². The van der Waals surface area contributed by atoms with Crippen LogP contribution in [0.4, 0.5) is 0 Å². The van der Waals surface area contributed by atoms with Crippen LogP contribution in [0.15, 0.2) is 18.2 Å². The molecule has 0 atom stereocenters. The number of phenols is 1. The number of carbonyl (C=O) groups excluding carboxylic acids is 1. The Bertz CT molecular complexity index is 410. The minimum absolute atomic E-state index is 0.0315. The molecular formula is C13H17Cl2NO2. The fourth-order valence-electron chi connectivity index (χ4n) is 1.61. The molecule has 1 aromatic rings. The molecule has 1 aromatic carbocycles. The van der Waals surface area contributed by atoms with Gasteiger partial charge in [0, 0.05) is 19.0 Å². The maximum Gasteiger partial charge on any atom is 0.255 e. The molecule has 1 N–H and O–H groups in total. The zero-order valence-corrected chi connectivity index (χ0v) is 11.8. The quantitative estimate of drug-likeness (QED) is 0.814. The highest BCUT2D eigenvalue weighted by Gasteiger charge is 2.18. The van der Waals surface area contributed by atoms with Gasteiger partial charge in [0.1, 0.15) is 5.75 Å². The Morgan fingerprint density at radius 1 is 1.39 bits per heavy atom. The van der Waals surface area contributed by atoms with Crippen molar-refractivity contribution in [1.29, 1.82) is 0 Å². The highest BCUT2D eigenvalue weighted by atomic mass is 35.5. The lowest BCUT2D eigenvalue weighted by Crippen LogP contribution is -2.33. The number of aromatic hydroxyl groups is 1. The first kappa shape index (κ1) is 15.1. The molecule has 0 saturated heterocycles. The monoisotopic (exact) mass is 289 g/mol. The summed E-state index contributed by atoms with van der Waals surface area (Å²) in [5.41, 5.74) is 0.317. The first-order valence-corrected chi connectivity index (χ1v) is 6.85. The van der Waals surface area contributed by atoms with Gasteiger partial charge in [-0.3, -0.25) is 4.79 Å². The number of alkyl halides is 1. The number of hydrogen-bond acceptors (Lipinski definition) is 2. The number of halogens is 2. The maximum absolute atomic E-state index is 12.3. The Kier molecular flexibility index (Phi) is 6.30. The van der Waals surface area contributed by atoms with E-state index in [4.69, 9.17) is 23.2 Å². The number of nitrogens with zero attached hydrogens (tertiary/aromatic N) is 1. The number of hydrogen-bond donors (Lipinski definition) is 1. The molecule has 5 heteroatoms. The second kappa shape index (κ2) is 7.49. The van der Waals surface area contributed by atoms with Crippen molar-refractivity contribution >= 4 is 29.1 Å². The van der Waals surface area contributed by atoms with Gasteiger partial charge in [-0.1, -0.05) is 24.9 Å². The molecule has 0 heterocycles. The zero-order chi connectivity index (χ0) is 13.5. The second-order valence-corrected chi connectivity index (χ2v) is 4.78. The summed E-state index contributed by atoms with van der Waals surface area (Å²) in [4.78, 5) is 13.9. The zero-order valence-electron chi connectivity index (χ0n) is 10.3. The number of phenolic OH excluding ortho intramolecular Hbond substituents is 1. The average Bonchev–Trinajstić information content (AvgIpc) is 2.36. The van der Waals surface area contributed by atoms with Gasteiger partial charge in [-0.05, 0) is 24.6 Å². The molecule has 0 aliphatic rings. The molecule has 0 unspecified atom stereocenters. The van der Waals surface area contributed by atoms with Crippen molar-refractivity contribution in [3.05, 3.63) is 28.8 Å². The van der Waals surface area contributed by atoms with Crippen LogP contribution in [0.3, 0.4) is 0 Å². The standard InChI is InChI=1S/C13H17Cl2NO2/c1-2-3-7-16(8-6-14)13(18)11-9-10(17)4-5-12(11)15/h4-5,9,17H,2-3,6-8H2,1H3. The molecule has 100 valence electrons. The topological polar surface area (TPSA) is 40.5 Å². The van der Waals surface area contributed by atoms with Crippen LogP contribution in [0.2, 0.25) is 5.02 Å². The molecule has 1 rings (SSSR count). The van der Waals surface area contributed by atoms with E-state index in [1.807, 2.05) is 0 Å². The predicted octanol–water partition coefficient (Wildman–Crippen LogP) is 3.53. The van der Waals surface area contributed by atoms with E-state index in [2.05, 4.69) is 6.92 Å². The van der Waals surface area contributed by atoms with Crippen molar-refractivity contribution in [1.82, 2.24) is 4.90 Å². The number of rotatable bonds is 6. The van der Waals surface area contributed by atoms with E-state index in [9.17, 15) is 9.90 Å². The largest absolute Gasteiger partial charge is 0.508 e. The summed E-state index contributed by atoms with van der Waals surface area (Å²) in [6, 6.07) is 4.36. The van der Waals surface area contributed by atoms with E-state index in [1.165, 1.54) is 18.2 Å². The van der Waals surface area contributed by atoms with Gasteiger partial charge in [0.15, 0.2) is 0 Å². The number of amides is 1. The molecule has 0 bridgehead atoms. The third kappa shape index (κ3) is 4.07. The van der Waals surface area contributed by atoms with Gasteiger partial charge in [-0.15, -0.1) is 11.6 Å². The van der Waals surface area contributed by atoms with E-state index >= 15 is 0 Å². The molecule has 0 radical (unpaired) electrons. The lowest BCUT2D eigenvalue weighted by Gasteiger charge is -2.22. The summed E-state index contributed by atoms with van der Waals surface area (Å²) in [7, 11) is 0. The minimum Gasteiger partial charge on any atom is -0.508 e. The Hall–Kier alpha value is -0.930. The normalized spacial score (nSPS) is 10.4. The van der Waals surface area contributed by atoms with Crippen molar-refractivity contribution in [2.75, 3.05) is 19.0 Å². The van der Waals surface area contributed by atoms with Crippen LogP contribution in [0, 0.1) is 0 Å². The molecule has 3 nitrogen and oxygen atoms in total. The van der Waals surface area contributed by atoms with E-state index in [0.717, 1.165) is 12.8 Å². The van der Waals surface area contributed by atoms with Gasteiger partial charge >= 0.3 is 0 Å². The highest BCUT2D eigenvalue weighted by Crippen LogP contribution is 2.22. The lowest BCUT2D eigenvalue weighted by atomic mass is 10.1. The van der Waals surface area contributed by atoms with E-state index in [1.54, 1.807) is 4.90 Å². The fourth-order valence-corrected chi connectivity index (χ4v) is 2.02.